The third-order valence-electron chi connectivity index (χ3n) is 1.94. The molecule has 0 aromatic rings. The van der Waals surface area contributed by atoms with Crippen LogP contribution in [-0.2, 0) is 14.3 Å². The zero-order valence-electron chi connectivity index (χ0n) is 7.46. The van der Waals surface area contributed by atoms with Gasteiger partial charge in [-0.05, 0) is 18.7 Å². The number of ketones is 1. The van der Waals surface area contributed by atoms with Crippen LogP contribution in [0.25, 0.3) is 0 Å². The Labute approximate surface area is 81.9 Å². The smallest absolute Gasteiger partial charge is 0.317 e. The molecule has 74 valence electrons. The molecule has 1 heterocycles. The Morgan fingerprint density at radius 1 is 1.77 bits per heavy atom. The lowest BCUT2D eigenvalue weighted by Gasteiger charge is -2.24. The highest BCUT2D eigenvalue weighted by molar-refractivity contribution is 6.14. The van der Waals surface area contributed by atoms with Crippen LogP contribution in [0.5, 0.6) is 0 Å². The molecule has 1 unspecified atom stereocenters. The molecule has 0 aliphatic carbocycles. The van der Waals surface area contributed by atoms with Crippen molar-refractivity contribution < 1.29 is 14.3 Å². The number of rotatable bonds is 2. The molecule has 1 rings (SSSR count). The minimum Gasteiger partial charge on any atom is -0.465 e. The third kappa shape index (κ3) is 2.67. The Hall–Kier alpha value is -0.610. The second-order valence-electron chi connectivity index (χ2n) is 2.89. The molecule has 5 heteroatoms. The number of ether oxygens (including phenoxy) is 1. The first-order chi connectivity index (χ1) is 6.15. The third-order valence-corrected chi connectivity index (χ3v) is 2.25. The number of esters is 1. The van der Waals surface area contributed by atoms with Gasteiger partial charge in [-0.15, -0.1) is 0 Å². The van der Waals surface area contributed by atoms with Crippen LogP contribution in [0, 0.1) is 5.92 Å². The van der Waals surface area contributed by atoms with Crippen molar-refractivity contribution in [2.45, 2.75) is 13.3 Å². The quantitative estimate of drug-likeness (QED) is 0.376. The average Bonchev–Trinajstić information content (AvgIpc) is 2.09. The molecule has 0 radical (unpaired) electrons. The lowest BCUT2D eigenvalue weighted by atomic mass is 9.98. The monoisotopic (exact) mass is 205 g/mol. The van der Waals surface area contributed by atoms with E-state index < -0.39 is 11.9 Å². The number of halogens is 1. The van der Waals surface area contributed by atoms with Gasteiger partial charge in [0.15, 0.2) is 0 Å². The van der Waals surface area contributed by atoms with Crippen molar-refractivity contribution in [2.24, 2.45) is 5.92 Å². The van der Waals surface area contributed by atoms with Crippen molar-refractivity contribution >= 4 is 23.5 Å². The number of Topliss-reactive ketones (excluding diaryl/α,β-unsaturated/α-hetero) is 1. The molecule has 0 amide bonds. The summed E-state index contributed by atoms with van der Waals surface area (Å²) in [4.78, 5) is 22.5. The molecule has 13 heavy (non-hydrogen) atoms. The molecule has 1 atom stereocenters. The number of carbonyl (C=O) groups excluding carboxylic acids is 2. The summed E-state index contributed by atoms with van der Waals surface area (Å²) in [7, 11) is 0. The highest BCUT2D eigenvalue weighted by atomic mass is 35.5. The van der Waals surface area contributed by atoms with Crippen molar-refractivity contribution in [3.63, 3.8) is 0 Å². The molecule has 0 saturated carbocycles. The first-order valence-corrected chi connectivity index (χ1v) is 4.59. The minimum absolute atomic E-state index is 0.0737. The van der Waals surface area contributed by atoms with Gasteiger partial charge in [-0.3, -0.25) is 9.59 Å². The molecule has 1 saturated heterocycles. The summed E-state index contributed by atoms with van der Waals surface area (Å²) in [5, 5.41) is 0. The van der Waals surface area contributed by atoms with Crippen LogP contribution in [0.2, 0.25) is 0 Å². The van der Waals surface area contributed by atoms with Gasteiger partial charge in [0.1, 0.15) is 11.7 Å². The van der Waals surface area contributed by atoms with Crippen LogP contribution in [0.3, 0.4) is 0 Å². The summed E-state index contributed by atoms with van der Waals surface area (Å²) in [5.41, 5.74) is 0. The van der Waals surface area contributed by atoms with E-state index in [2.05, 4.69) is 0 Å². The summed E-state index contributed by atoms with van der Waals surface area (Å²) in [6.07, 6.45) is 0.326. The van der Waals surface area contributed by atoms with Gasteiger partial charge < -0.3 is 4.74 Å². The van der Waals surface area contributed by atoms with Crippen molar-refractivity contribution in [3.8, 4) is 0 Å². The molecule has 1 fully saturated rings. The first kappa shape index (κ1) is 10.5. The molecular formula is C8H12ClNO3. The summed E-state index contributed by atoms with van der Waals surface area (Å²) in [6, 6.07) is 0. The Morgan fingerprint density at radius 3 is 3.08 bits per heavy atom. The highest BCUT2D eigenvalue weighted by Crippen LogP contribution is 2.15. The van der Waals surface area contributed by atoms with E-state index in [4.69, 9.17) is 16.5 Å². The molecule has 0 bridgehead atoms. The topological polar surface area (TPSA) is 46.6 Å². The van der Waals surface area contributed by atoms with E-state index in [1.807, 2.05) is 0 Å². The molecule has 0 aromatic carbocycles. The van der Waals surface area contributed by atoms with Gasteiger partial charge in [0.05, 0.1) is 6.61 Å². The predicted molar refractivity (Wildman–Crippen MR) is 47.2 cm³/mol. The lowest BCUT2D eigenvalue weighted by molar-refractivity contribution is -0.153. The van der Waals surface area contributed by atoms with E-state index in [-0.39, 0.29) is 12.3 Å². The molecule has 4 nitrogen and oxygen atoms in total. The Kier molecular flexibility index (Phi) is 3.69. The Morgan fingerprint density at radius 2 is 2.46 bits per heavy atom. The largest absolute Gasteiger partial charge is 0.465 e. The fourth-order valence-electron chi connectivity index (χ4n) is 1.25. The maximum absolute atomic E-state index is 11.3. The van der Waals surface area contributed by atoms with Crippen LogP contribution >= 0.6 is 11.8 Å². The fourth-order valence-corrected chi connectivity index (χ4v) is 1.47. The Bertz CT molecular complexity index is 219. The summed E-state index contributed by atoms with van der Waals surface area (Å²) < 4.78 is 6.20. The maximum Gasteiger partial charge on any atom is 0.317 e. The normalized spacial score (nSPS) is 24.5. The van der Waals surface area contributed by atoms with Crippen molar-refractivity contribution in [2.75, 3.05) is 19.7 Å². The number of nitrogens with zero attached hydrogens (tertiary/aromatic N) is 1. The molecule has 0 N–H and O–H groups in total. The number of hydrogen-bond donors (Lipinski definition) is 0. The van der Waals surface area contributed by atoms with E-state index in [1.165, 1.54) is 4.42 Å². The van der Waals surface area contributed by atoms with E-state index in [0.29, 0.717) is 19.6 Å². The van der Waals surface area contributed by atoms with Crippen LogP contribution < -0.4 is 0 Å². The SMILES string of the molecule is CCOC(=O)C1CN(Cl)CCC1=O. The molecule has 0 aromatic heterocycles. The first-order valence-electron chi connectivity index (χ1n) is 4.25. The zero-order chi connectivity index (χ0) is 9.84. The predicted octanol–water partition coefficient (Wildman–Crippen LogP) is 0.594. The van der Waals surface area contributed by atoms with Gasteiger partial charge >= 0.3 is 5.97 Å². The van der Waals surface area contributed by atoms with E-state index in [0.717, 1.165) is 0 Å². The van der Waals surface area contributed by atoms with Crippen molar-refractivity contribution in [1.82, 2.24) is 4.42 Å². The van der Waals surface area contributed by atoms with Crippen molar-refractivity contribution in [1.29, 1.82) is 0 Å². The standard InChI is InChI=1S/C8H12ClNO3/c1-2-13-8(12)6-5-10(9)4-3-7(6)11/h6H,2-5H2,1H3. The number of hydrogen-bond acceptors (Lipinski definition) is 4. The van der Waals surface area contributed by atoms with Crippen LogP contribution in [-0.4, -0.2) is 35.9 Å². The average molecular weight is 206 g/mol. The fraction of sp³-hybridized carbons (Fsp3) is 0.750. The number of piperidine rings is 1. The van der Waals surface area contributed by atoms with E-state index in [1.54, 1.807) is 6.92 Å². The summed E-state index contributed by atoms with van der Waals surface area (Å²) in [5.74, 6) is -1.22. The van der Waals surface area contributed by atoms with Gasteiger partial charge in [0.25, 0.3) is 0 Å². The van der Waals surface area contributed by atoms with Gasteiger partial charge in [0, 0.05) is 19.5 Å². The molecule has 0 spiro atoms. The lowest BCUT2D eigenvalue weighted by Crippen LogP contribution is -2.40. The summed E-state index contributed by atoms with van der Waals surface area (Å²) in [6.45, 7) is 2.78. The van der Waals surface area contributed by atoms with Gasteiger partial charge in [-0.2, -0.15) is 0 Å². The van der Waals surface area contributed by atoms with Crippen LogP contribution in [0.4, 0.5) is 0 Å². The Balaban J connectivity index is 2.55. The highest BCUT2D eigenvalue weighted by Gasteiger charge is 2.33. The molecule has 1 aliphatic heterocycles. The van der Waals surface area contributed by atoms with Crippen LogP contribution in [0.1, 0.15) is 13.3 Å². The van der Waals surface area contributed by atoms with E-state index >= 15 is 0 Å². The van der Waals surface area contributed by atoms with Crippen molar-refractivity contribution in [3.05, 3.63) is 0 Å². The minimum atomic E-state index is -0.689. The number of carbonyl (C=O) groups is 2. The molecular weight excluding hydrogens is 194 g/mol. The van der Waals surface area contributed by atoms with Gasteiger partial charge in [-0.25, -0.2) is 4.42 Å². The second kappa shape index (κ2) is 4.58. The zero-order valence-corrected chi connectivity index (χ0v) is 8.21. The van der Waals surface area contributed by atoms with Gasteiger partial charge in [0.2, 0.25) is 0 Å². The van der Waals surface area contributed by atoms with Crippen LogP contribution in [0.15, 0.2) is 0 Å². The van der Waals surface area contributed by atoms with E-state index in [9.17, 15) is 9.59 Å². The summed E-state index contributed by atoms with van der Waals surface area (Å²) >= 11 is 5.69. The maximum atomic E-state index is 11.3. The molecule has 1 aliphatic rings. The van der Waals surface area contributed by atoms with Gasteiger partial charge in [-0.1, -0.05) is 0 Å². The second-order valence-corrected chi connectivity index (χ2v) is 3.37.